The van der Waals surface area contributed by atoms with Gasteiger partial charge in [-0.25, -0.2) is 0 Å². The highest BCUT2D eigenvalue weighted by molar-refractivity contribution is 5.84. The van der Waals surface area contributed by atoms with Gasteiger partial charge in [-0.15, -0.1) is 0 Å². The molecule has 0 atom stereocenters. The summed E-state index contributed by atoms with van der Waals surface area (Å²) in [5.41, 5.74) is 3.24. The molecule has 0 radical (unpaired) electrons. The topological polar surface area (TPSA) is 54.8 Å². The van der Waals surface area contributed by atoms with E-state index in [-0.39, 0.29) is 18.4 Å². The highest BCUT2D eigenvalue weighted by Gasteiger charge is 2.22. The van der Waals surface area contributed by atoms with Crippen molar-refractivity contribution in [2.45, 2.75) is 59.2 Å². The fourth-order valence-corrected chi connectivity index (χ4v) is 4.22. The van der Waals surface area contributed by atoms with E-state index in [2.05, 4.69) is 23.6 Å². The minimum absolute atomic E-state index is 0.0338. The molecule has 0 fully saturated rings. The standard InChI is InChI=1S/C30H39N3O3/c1-4-6-18-32(29(34)12-5-2)24-30(35)33(21-25-13-8-7-9-14-25)23-27-16-11-19-31(27)22-26-15-10-17-28(20-26)36-3/h7-11,13-17,19-20H,4-6,12,18,21-24H2,1-3H3. The van der Waals surface area contributed by atoms with Crippen LogP contribution in [0.3, 0.4) is 0 Å². The van der Waals surface area contributed by atoms with Crippen LogP contribution >= 0.6 is 0 Å². The first-order valence-electron chi connectivity index (χ1n) is 12.9. The zero-order valence-corrected chi connectivity index (χ0v) is 21.9. The van der Waals surface area contributed by atoms with E-state index >= 15 is 0 Å². The Hall–Kier alpha value is -3.54. The molecule has 6 heteroatoms. The second-order valence-electron chi connectivity index (χ2n) is 9.13. The maximum absolute atomic E-state index is 13.6. The molecule has 3 rings (SSSR count). The average Bonchev–Trinajstić information content (AvgIpc) is 3.33. The van der Waals surface area contributed by atoms with Crippen molar-refractivity contribution in [3.63, 3.8) is 0 Å². The van der Waals surface area contributed by atoms with Gasteiger partial charge in [-0.2, -0.15) is 0 Å². The molecule has 0 unspecified atom stereocenters. The van der Waals surface area contributed by atoms with Gasteiger partial charge in [0.2, 0.25) is 11.8 Å². The number of carbonyl (C=O) groups excluding carboxylic acids is 2. The summed E-state index contributed by atoms with van der Waals surface area (Å²) in [6, 6.07) is 22.1. The highest BCUT2D eigenvalue weighted by atomic mass is 16.5. The molecule has 192 valence electrons. The number of methoxy groups -OCH3 is 1. The smallest absolute Gasteiger partial charge is 0.242 e. The van der Waals surface area contributed by atoms with Crippen molar-refractivity contribution >= 4 is 11.8 Å². The summed E-state index contributed by atoms with van der Waals surface area (Å²) in [5, 5.41) is 0. The van der Waals surface area contributed by atoms with Gasteiger partial charge in [-0.1, -0.05) is 62.7 Å². The third-order valence-electron chi connectivity index (χ3n) is 6.26. The second kappa shape index (κ2) is 14.1. The first-order valence-corrected chi connectivity index (χ1v) is 12.9. The van der Waals surface area contributed by atoms with E-state index in [1.165, 1.54) is 0 Å². The lowest BCUT2D eigenvalue weighted by molar-refractivity contribution is -0.141. The largest absolute Gasteiger partial charge is 0.497 e. The van der Waals surface area contributed by atoms with Crippen molar-refractivity contribution in [2.24, 2.45) is 0 Å². The van der Waals surface area contributed by atoms with E-state index in [0.717, 1.165) is 41.8 Å². The van der Waals surface area contributed by atoms with E-state index < -0.39 is 0 Å². The quantitative estimate of drug-likeness (QED) is 0.300. The summed E-state index contributed by atoms with van der Waals surface area (Å²) in [7, 11) is 1.67. The van der Waals surface area contributed by atoms with Crippen molar-refractivity contribution in [3.05, 3.63) is 89.7 Å². The number of hydrogen-bond acceptors (Lipinski definition) is 3. The van der Waals surface area contributed by atoms with Gasteiger partial charge in [0.25, 0.3) is 0 Å². The molecular formula is C30H39N3O3. The first-order chi connectivity index (χ1) is 17.5. The molecule has 2 amide bonds. The molecule has 36 heavy (non-hydrogen) atoms. The Morgan fingerprint density at radius 2 is 1.61 bits per heavy atom. The Kier molecular flexibility index (Phi) is 10.6. The number of nitrogens with zero attached hydrogens (tertiary/aromatic N) is 3. The number of carbonyl (C=O) groups is 2. The third kappa shape index (κ3) is 8.01. The summed E-state index contributed by atoms with van der Waals surface area (Å²) < 4.78 is 7.54. The number of aromatic nitrogens is 1. The summed E-state index contributed by atoms with van der Waals surface area (Å²) in [6.07, 6.45) is 5.17. The molecule has 0 saturated heterocycles. The first kappa shape index (κ1) is 27.1. The van der Waals surface area contributed by atoms with Gasteiger partial charge in [0, 0.05) is 37.9 Å². The molecule has 0 aliphatic carbocycles. The number of benzene rings is 2. The van der Waals surface area contributed by atoms with Crippen molar-refractivity contribution in [1.29, 1.82) is 0 Å². The fraction of sp³-hybridized carbons (Fsp3) is 0.400. The van der Waals surface area contributed by atoms with Gasteiger partial charge in [-0.05, 0) is 48.2 Å². The fourth-order valence-electron chi connectivity index (χ4n) is 4.22. The zero-order chi connectivity index (χ0) is 25.8. The minimum Gasteiger partial charge on any atom is -0.497 e. The average molecular weight is 490 g/mol. The highest BCUT2D eigenvalue weighted by Crippen LogP contribution is 2.17. The van der Waals surface area contributed by atoms with Crippen LogP contribution in [0.15, 0.2) is 72.9 Å². The molecule has 0 aliphatic rings. The number of ether oxygens (including phenoxy) is 1. The Morgan fingerprint density at radius 1 is 0.833 bits per heavy atom. The molecule has 1 aromatic heterocycles. The van der Waals surface area contributed by atoms with E-state index in [1.54, 1.807) is 12.0 Å². The minimum atomic E-state index is -0.0338. The third-order valence-corrected chi connectivity index (χ3v) is 6.26. The molecule has 0 aliphatic heterocycles. The molecule has 6 nitrogen and oxygen atoms in total. The van der Waals surface area contributed by atoms with Crippen molar-refractivity contribution < 1.29 is 14.3 Å². The van der Waals surface area contributed by atoms with Crippen LogP contribution in [0.5, 0.6) is 5.75 Å². The Bertz CT molecular complexity index is 1090. The molecule has 1 heterocycles. The van der Waals surface area contributed by atoms with E-state index in [1.807, 2.05) is 72.6 Å². The summed E-state index contributed by atoms with van der Waals surface area (Å²) in [4.78, 5) is 30.0. The van der Waals surface area contributed by atoms with Crippen LogP contribution in [-0.2, 0) is 29.2 Å². The number of hydrogen-bond donors (Lipinski definition) is 0. The van der Waals surface area contributed by atoms with Gasteiger partial charge in [0.15, 0.2) is 0 Å². The second-order valence-corrected chi connectivity index (χ2v) is 9.13. The van der Waals surface area contributed by atoms with E-state index in [4.69, 9.17) is 4.74 Å². The van der Waals surface area contributed by atoms with Gasteiger partial charge in [0.05, 0.1) is 20.2 Å². The van der Waals surface area contributed by atoms with Gasteiger partial charge >= 0.3 is 0 Å². The zero-order valence-electron chi connectivity index (χ0n) is 21.9. The molecule has 0 spiro atoms. The number of unbranched alkanes of at least 4 members (excludes halogenated alkanes) is 1. The molecule has 0 N–H and O–H groups in total. The van der Waals surface area contributed by atoms with Gasteiger partial charge < -0.3 is 19.1 Å². The molecular weight excluding hydrogens is 450 g/mol. The van der Waals surface area contributed by atoms with Crippen LogP contribution < -0.4 is 4.74 Å². The lowest BCUT2D eigenvalue weighted by Gasteiger charge is -2.28. The molecule has 0 bridgehead atoms. The summed E-state index contributed by atoms with van der Waals surface area (Å²) >= 11 is 0. The molecule has 3 aromatic rings. The predicted molar refractivity (Wildman–Crippen MR) is 144 cm³/mol. The van der Waals surface area contributed by atoms with Crippen LogP contribution in [-0.4, -0.2) is 46.4 Å². The lowest BCUT2D eigenvalue weighted by atomic mass is 10.2. The Balaban J connectivity index is 1.80. The van der Waals surface area contributed by atoms with Crippen molar-refractivity contribution in [3.8, 4) is 5.75 Å². The summed E-state index contributed by atoms with van der Waals surface area (Å²) in [6.45, 7) is 6.47. The number of rotatable bonds is 14. The maximum Gasteiger partial charge on any atom is 0.242 e. The SMILES string of the molecule is CCCCN(CC(=O)N(Cc1ccccc1)Cc1cccn1Cc1cccc(OC)c1)C(=O)CCC. The lowest BCUT2D eigenvalue weighted by Crippen LogP contribution is -2.43. The Labute approximate surface area is 215 Å². The van der Waals surface area contributed by atoms with E-state index in [0.29, 0.717) is 32.6 Å². The van der Waals surface area contributed by atoms with Crippen LogP contribution in [0.1, 0.15) is 56.4 Å². The summed E-state index contributed by atoms with van der Waals surface area (Å²) in [5.74, 6) is 0.847. The predicted octanol–water partition coefficient (Wildman–Crippen LogP) is 5.50. The normalized spacial score (nSPS) is 10.8. The van der Waals surface area contributed by atoms with Crippen LogP contribution in [0.2, 0.25) is 0 Å². The van der Waals surface area contributed by atoms with Crippen molar-refractivity contribution in [1.82, 2.24) is 14.4 Å². The van der Waals surface area contributed by atoms with Crippen LogP contribution in [0.25, 0.3) is 0 Å². The van der Waals surface area contributed by atoms with Gasteiger partial charge in [0.1, 0.15) is 5.75 Å². The van der Waals surface area contributed by atoms with Crippen LogP contribution in [0, 0.1) is 0 Å². The maximum atomic E-state index is 13.6. The monoisotopic (exact) mass is 489 g/mol. The van der Waals surface area contributed by atoms with Crippen molar-refractivity contribution in [2.75, 3.05) is 20.2 Å². The van der Waals surface area contributed by atoms with Crippen LogP contribution in [0.4, 0.5) is 0 Å². The number of amides is 2. The molecule has 0 saturated carbocycles. The Morgan fingerprint density at radius 3 is 2.33 bits per heavy atom. The molecule has 2 aromatic carbocycles. The van der Waals surface area contributed by atoms with Gasteiger partial charge in [-0.3, -0.25) is 9.59 Å². The van der Waals surface area contributed by atoms with E-state index in [9.17, 15) is 9.59 Å².